The Labute approximate surface area is 106 Å². The molecule has 6 nitrogen and oxygen atoms in total. The molecule has 0 amide bonds. The van der Waals surface area contributed by atoms with E-state index >= 15 is 0 Å². The molecule has 2 aromatic heterocycles. The minimum absolute atomic E-state index is 0.170. The van der Waals surface area contributed by atoms with Crippen molar-refractivity contribution in [2.45, 2.75) is 24.3 Å². The maximum absolute atomic E-state index is 12.0. The molecule has 1 unspecified atom stereocenters. The lowest BCUT2D eigenvalue weighted by Crippen LogP contribution is -2.33. The Hall–Kier alpha value is -1.60. The zero-order valence-electron chi connectivity index (χ0n) is 10.2. The zero-order chi connectivity index (χ0) is 13.2. The Morgan fingerprint density at radius 2 is 2.33 bits per heavy atom. The van der Waals surface area contributed by atoms with E-state index in [0.717, 1.165) is 5.56 Å². The standard InChI is InChI=1S/C11H15N3O3S/c1-9(5-10-3-4-17-8-10)13-18(15,16)11-6-12-14(2)7-11/h3-4,6-9,13H,5H2,1-2H3. The topological polar surface area (TPSA) is 77.1 Å². The summed E-state index contributed by atoms with van der Waals surface area (Å²) in [7, 11) is -1.83. The highest BCUT2D eigenvalue weighted by Gasteiger charge is 2.19. The Balaban J connectivity index is 2.04. The molecule has 0 radical (unpaired) electrons. The summed E-state index contributed by atoms with van der Waals surface area (Å²) in [6.45, 7) is 1.81. The lowest BCUT2D eigenvalue weighted by molar-refractivity contribution is 0.549. The number of aryl methyl sites for hydroxylation is 1. The van der Waals surface area contributed by atoms with Crippen molar-refractivity contribution in [1.82, 2.24) is 14.5 Å². The summed E-state index contributed by atoms with van der Waals surface area (Å²) in [4.78, 5) is 0.170. The average Bonchev–Trinajstić information content (AvgIpc) is 2.88. The molecule has 18 heavy (non-hydrogen) atoms. The fourth-order valence-electron chi connectivity index (χ4n) is 1.67. The molecular weight excluding hydrogens is 254 g/mol. The SMILES string of the molecule is CC(Cc1ccoc1)NS(=O)(=O)c1cnn(C)c1. The van der Waals surface area contributed by atoms with Gasteiger partial charge in [-0.15, -0.1) is 0 Å². The highest BCUT2D eigenvalue weighted by atomic mass is 32.2. The third-order valence-corrected chi connectivity index (χ3v) is 4.01. The van der Waals surface area contributed by atoms with Gasteiger partial charge in [-0.05, 0) is 25.0 Å². The Morgan fingerprint density at radius 3 is 2.89 bits per heavy atom. The van der Waals surface area contributed by atoms with Crippen LogP contribution < -0.4 is 4.72 Å². The van der Waals surface area contributed by atoms with Crippen molar-refractivity contribution in [3.63, 3.8) is 0 Å². The minimum Gasteiger partial charge on any atom is -0.472 e. The smallest absolute Gasteiger partial charge is 0.243 e. The molecule has 0 fully saturated rings. The van der Waals surface area contributed by atoms with Crippen LogP contribution in [0.2, 0.25) is 0 Å². The van der Waals surface area contributed by atoms with Gasteiger partial charge < -0.3 is 4.42 Å². The third kappa shape index (κ3) is 2.99. The van der Waals surface area contributed by atoms with E-state index in [4.69, 9.17) is 4.42 Å². The number of nitrogens with zero attached hydrogens (tertiary/aromatic N) is 2. The molecule has 0 saturated heterocycles. The van der Waals surface area contributed by atoms with Gasteiger partial charge >= 0.3 is 0 Å². The fourth-order valence-corrected chi connectivity index (χ4v) is 2.90. The molecule has 0 bridgehead atoms. The summed E-state index contributed by atoms with van der Waals surface area (Å²) in [6.07, 6.45) is 6.54. The van der Waals surface area contributed by atoms with Crippen LogP contribution in [0.25, 0.3) is 0 Å². The molecule has 98 valence electrons. The van der Waals surface area contributed by atoms with Gasteiger partial charge in [0.15, 0.2) is 0 Å². The van der Waals surface area contributed by atoms with Crippen molar-refractivity contribution in [1.29, 1.82) is 0 Å². The third-order valence-electron chi connectivity index (χ3n) is 2.47. The van der Waals surface area contributed by atoms with Crippen LogP contribution in [-0.2, 0) is 23.5 Å². The summed E-state index contributed by atoms with van der Waals surface area (Å²) in [5.74, 6) is 0. The number of hydrogen-bond acceptors (Lipinski definition) is 4. The minimum atomic E-state index is -3.51. The van der Waals surface area contributed by atoms with Crippen LogP contribution in [0.4, 0.5) is 0 Å². The molecule has 2 aromatic rings. The molecule has 7 heteroatoms. The first-order valence-corrected chi connectivity index (χ1v) is 6.98. The summed E-state index contributed by atoms with van der Waals surface area (Å²) in [6, 6.07) is 1.60. The van der Waals surface area contributed by atoms with Crippen LogP contribution in [-0.4, -0.2) is 24.2 Å². The first kappa shape index (κ1) is 12.8. The van der Waals surface area contributed by atoms with E-state index in [9.17, 15) is 8.42 Å². The van der Waals surface area contributed by atoms with Crippen molar-refractivity contribution in [3.8, 4) is 0 Å². The first-order chi connectivity index (χ1) is 8.47. The van der Waals surface area contributed by atoms with Gasteiger partial charge in [0.05, 0.1) is 18.7 Å². The van der Waals surface area contributed by atoms with Gasteiger partial charge in [0, 0.05) is 19.3 Å². The number of nitrogens with one attached hydrogen (secondary N) is 1. The van der Waals surface area contributed by atoms with Crippen molar-refractivity contribution >= 4 is 10.0 Å². The summed E-state index contributed by atoms with van der Waals surface area (Å²) >= 11 is 0. The largest absolute Gasteiger partial charge is 0.472 e. The monoisotopic (exact) mass is 269 g/mol. The second-order valence-electron chi connectivity index (χ2n) is 4.21. The van der Waals surface area contributed by atoms with Gasteiger partial charge in [0.25, 0.3) is 0 Å². The molecule has 2 heterocycles. The summed E-state index contributed by atoms with van der Waals surface area (Å²) in [5.41, 5.74) is 0.955. The molecule has 1 atom stereocenters. The number of hydrogen-bond donors (Lipinski definition) is 1. The van der Waals surface area contributed by atoms with E-state index in [1.807, 2.05) is 6.07 Å². The molecule has 1 N–H and O–H groups in total. The first-order valence-electron chi connectivity index (χ1n) is 5.49. The van der Waals surface area contributed by atoms with Gasteiger partial charge in [-0.25, -0.2) is 13.1 Å². The summed E-state index contributed by atoms with van der Waals surface area (Å²) < 4.78 is 33.0. The van der Waals surface area contributed by atoms with Gasteiger partial charge in [-0.3, -0.25) is 4.68 Å². The summed E-state index contributed by atoms with van der Waals surface area (Å²) in [5, 5.41) is 3.85. The molecule has 0 aliphatic carbocycles. The lowest BCUT2D eigenvalue weighted by atomic mass is 10.1. The number of aromatic nitrogens is 2. The molecular formula is C11H15N3O3S. The van der Waals surface area contributed by atoms with Gasteiger partial charge in [-0.1, -0.05) is 0 Å². The second-order valence-corrected chi connectivity index (χ2v) is 5.92. The molecule has 0 aromatic carbocycles. The van der Waals surface area contributed by atoms with Crippen LogP contribution >= 0.6 is 0 Å². The normalized spacial score (nSPS) is 13.7. The van der Waals surface area contributed by atoms with Crippen LogP contribution in [0.3, 0.4) is 0 Å². The number of rotatable bonds is 5. The van der Waals surface area contributed by atoms with Crippen molar-refractivity contribution in [2.24, 2.45) is 7.05 Å². The van der Waals surface area contributed by atoms with Crippen molar-refractivity contribution in [2.75, 3.05) is 0 Å². The predicted molar refractivity (Wildman–Crippen MR) is 65.4 cm³/mol. The highest BCUT2D eigenvalue weighted by Crippen LogP contribution is 2.09. The van der Waals surface area contributed by atoms with E-state index in [1.54, 1.807) is 26.5 Å². The predicted octanol–water partition coefficient (Wildman–Crippen LogP) is 0.923. The van der Waals surface area contributed by atoms with E-state index in [-0.39, 0.29) is 10.9 Å². The van der Waals surface area contributed by atoms with Gasteiger partial charge in [-0.2, -0.15) is 5.10 Å². The van der Waals surface area contributed by atoms with Crippen LogP contribution in [0, 0.1) is 0 Å². The van der Waals surface area contributed by atoms with Crippen molar-refractivity contribution in [3.05, 3.63) is 36.5 Å². The van der Waals surface area contributed by atoms with Crippen LogP contribution in [0.15, 0.2) is 40.3 Å². The molecule has 0 aliphatic heterocycles. The fraction of sp³-hybridized carbons (Fsp3) is 0.364. The zero-order valence-corrected chi connectivity index (χ0v) is 11.0. The quantitative estimate of drug-likeness (QED) is 0.875. The van der Waals surface area contributed by atoms with E-state index < -0.39 is 10.0 Å². The van der Waals surface area contributed by atoms with Crippen molar-refractivity contribution < 1.29 is 12.8 Å². The molecule has 0 aliphatic rings. The second kappa shape index (κ2) is 4.95. The maximum Gasteiger partial charge on any atom is 0.243 e. The van der Waals surface area contributed by atoms with E-state index in [2.05, 4.69) is 9.82 Å². The Morgan fingerprint density at radius 1 is 1.56 bits per heavy atom. The molecule has 0 spiro atoms. The highest BCUT2D eigenvalue weighted by molar-refractivity contribution is 7.89. The van der Waals surface area contributed by atoms with Gasteiger partial charge in [0.1, 0.15) is 4.90 Å². The number of furan rings is 1. The number of sulfonamides is 1. The Bertz CT molecular complexity index is 601. The lowest BCUT2D eigenvalue weighted by Gasteiger charge is -2.12. The van der Waals surface area contributed by atoms with Gasteiger partial charge in [0.2, 0.25) is 10.0 Å². The maximum atomic E-state index is 12.0. The van der Waals surface area contributed by atoms with Crippen LogP contribution in [0.5, 0.6) is 0 Å². The van der Waals surface area contributed by atoms with Crippen LogP contribution in [0.1, 0.15) is 12.5 Å². The Kier molecular flexibility index (Phi) is 3.53. The van der Waals surface area contributed by atoms with E-state index in [0.29, 0.717) is 6.42 Å². The average molecular weight is 269 g/mol. The molecule has 2 rings (SSSR count). The molecule has 0 saturated carbocycles. The van der Waals surface area contributed by atoms with E-state index in [1.165, 1.54) is 17.1 Å².